The smallest absolute Gasteiger partial charge is 0.0496 e. The van der Waals surface area contributed by atoms with Crippen LogP contribution < -0.4 is 5.73 Å². The van der Waals surface area contributed by atoms with Crippen LogP contribution >= 0.6 is 15.9 Å². The van der Waals surface area contributed by atoms with Crippen molar-refractivity contribution in [1.29, 1.82) is 0 Å². The highest BCUT2D eigenvalue weighted by Crippen LogP contribution is 2.30. The Labute approximate surface area is 131 Å². The Bertz CT molecular complexity index is 398. The van der Waals surface area contributed by atoms with Crippen molar-refractivity contribution >= 4 is 15.9 Å². The zero-order chi connectivity index (χ0) is 14.5. The molecule has 2 nitrogen and oxygen atoms in total. The van der Waals surface area contributed by atoms with E-state index in [2.05, 4.69) is 59.1 Å². The molecule has 0 spiro atoms. The quantitative estimate of drug-likeness (QED) is 0.835. The second-order valence-electron chi connectivity index (χ2n) is 6.16. The summed E-state index contributed by atoms with van der Waals surface area (Å²) in [4.78, 5) is 2.48. The summed E-state index contributed by atoms with van der Waals surface area (Å²) in [6.07, 6.45) is 6.59. The maximum absolute atomic E-state index is 6.41. The van der Waals surface area contributed by atoms with Gasteiger partial charge in [-0.05, 0) is 49.9 Å². The number of rotatable bonds is 6. The van der Waals surface area contributed by atoms with Crippen molar-refractivity contribution in [2.24, 2.45) is 11.7 Å². The van der Waals surface area contributed by atoms with Gasteiger partial charge in [-0.2, -0.15) is 0 Å². The first-order valence-electron chi connectivity index (χ1n) is 7.83. The highest BCUT2D eigenvalue weighted by Gasteiger charge is 2.26. The molecule has 2 atom stereocenters. The van der Waals surface area contributed by atoms with E-state index in [-0.39, 0.29) is 6.04 Å². The van der Waals surface area contributed by atoms with Gasteiger partial charge in [-0.1, -0.05) is 47.8 Å². The van der Waals surface area contributed by atoms with Gasteiger partial charge in [-0.15, -0.1) is 0 Å². The lowest BCUT2D eigenvalue weighted by Crippen LogP contribution is -2.40. The molecule has 1 aliphatic rings. The largest absolute Gasteiger partial charge is 0.326 e. The Morgan fingerprint density at radius 1 is 1.25 bits per heavy atom. The first kappa shape index (κ1) is 16.0. The molecule has 0 amide bonds. The summed E-state index contributed by atoms with van der Waals surface area (Å²) in [5.74, 6) is 0.863. The van der Waals surface area contributed by atoms with Crippen molar-refractivity contribution in [3.8, 4) is 0 Å². The van der Waals surface area contributed by atoms with Crippen LogP contribution in [-0.2, 0) is 0 Å². The molecule has 0 bridgehead atoms. The van der Waals surface area contributed by atoms with E-state index in [1.54, 1.807) is 0 Å². The van der Waals surface area contributed by atoms with Gasteiger partial charge in [0.2, 0.25) is 0 Å². The summed E-state index contributed by atoms with van der Waals surface area (Å²) in [6.45, 7) is 3.36. The van der Waals surface area contributed by atoms with Crippen LogP contribution in [0, 0.1) is 5.92 Å². The molecule has 112 valence electrons. The van der Waals surface area contributed by atoms with Crippen molar-refractivity contribution in [2.45, 2.75) is 51.1 Å². The third kappa shape index (κ3) is 4.06. The standard InChI is InChI=1S/C17H27BrN2/c1-3-16(19)17(14-8-10-15(18)11-9-14)20(2)12-13-6-4-5-7-13/h8-11,13,16-17H,3-7,12,19H2,1-2H3. The molecule has 1 aromatic carbocycles. The number of likely N-dealkylation sites (N-methyl/N-ethyl adjacent to an activating group) is 1. The van der Waals surface area contributed by atoms with E-state index in [9.17, 15) is 0 Å². The summed E-state index contributed by atoms with van der Waals surface area (Å²) in [5.41, 5.74) is 7.75. The Hall–Kier alpha value is -0.380. The fraction of sp³-hybridized carbons (Fsp3) is 0.647. The molecule has 0 saturated heterocycles. The molecule has 2 unspecified atom stereocenters. The average molecular weight is 339 g/mol. The minimum atomic E-state index is 0.197. The molecule has 1 aromatic rings. The monoisotopic (exact) mass is 338 g/mol. The maximum Gasteiger partial charge on any atom is 0.0496 e. The van der Waals surface area contributed by atoms with Gasteiger partial charge in [0.25, 0.3) is 0 Å². The highest BCUT2D eigenvalue weighted by atomic mass is 79.9. The van der Waals surface area contributed by atoms with E-state index in [4.69, 9.17) is 5.73 Å². The fourth-order valence-electron chi connectivity index (χ4n) is 3.43. The van der Waals surface area contributed by atoms with Crippen LogP contribution in [-0.4, -0.2) is 24.5 Å². The van der Waals surface area contributed by atoms with Crippen LogP contribution in [0.4, 0.5) is 0 Å². The van der Waals surface area contributed by atoms with Gasteiger partial charge in [-0.25, -0.2) is 0 Å². The number of halogens is 1. The molecule has 20 heavy (non-hydrogen) atoms. The third-order valence-corrected chi connectivity index (χ3v) is 5.11. The number of nitrogens with two attached hydrogens (primary N) is 1. The molecule has 0 heterocycles. The van der Waals surface area contributed by atoms with Gasteiger partial charge < -0.3 is 5.73 Å². The van der Waals surface area contributed by atoms with E-state index < -0.39 is 0 Å². The van der Waals surface area contributed by atoms with Crippen molar-refractivity contribution in [3.05, 3.63) is 34.3 Å². The zero-order valence-corrected chi connectivity index (χ0v) is 14.3. The highest BCUT2D eigenvalue weighted by molar-refractivity contribution is 9.10. The topological polar surface area (TPSA) is 29.3 Å². The lowest BCUT2D eigenvalue weighted by molar-refractivity contribution is 0.180. The van der Waals surface area contributed by atoms with Crippen molar-refractivity contribution in [3.63, 3.8) is 0 Å². The molecule has 2 rings (SSSR count). The van der Waals surface area contributed by atoms with Crippen LogP contribution in [0.1, 0.15) is 50.6 Å². The zero-order valence-electron chi connectivity index (χ0n) is 12.7. The molecule has 2 N–H and O–H groups in total. The normalized spacial score (nSPS) is 19.4. The number of nitrogens with zero attached hydrogens (tertiary/aromatic N) is 1. The van der Waals surface area contributed by atoms with Gasteiger partial charge >= 0.3 is 0 Å². The molecular weight excluding hydrogens is 312 g/mol. The van der Waals surface area contributed by atoms with E-state index in [0.717, 1.165) is 16.8 Å². The van der Waals surface area contributed by atoms with Crippen molar-refractivity contribution in [2.75, 3.05) is 13.6 Å². The number of hydrogen-bond donors (Lipinski definition) is 1. The molecule has 1 saturated carbocycles. The molecule has 0 aliphatic heterocycles. The molecule has 1 aliphatic carbocycles. The maximum atomic E-state index is 6.41. The number of hydrogen-bond acceptors (Lipinski definition) is 2. The summed E-state index contributed by atoms with van der Waals surface area (Å²) in [7, 11) is 2.24. The summed E-state index contributed by atoms with van der Waals surface area (Å²) >= 11 is 3.51. The summed E-state index contributed by atoms with van der Waals surface area (Å²) in [6, 6.07) is 9.17. The van der Waals surface area contributed by atoms with Crippen molar-refractivity contribution in [1.82, 2.24) is 4.90 Å². The van der Waals surface area contributed by atoms with Gasteiger partial charge in [-0.3, -0.25) is 4.90 Å². The lowest BCUT2D eigenvalue weighted by Gasteiger charge is -2.34. The van der Waals surface area contributed by atoms with Crippen LogP contribution in [0.25, 0.3) is 0 Å². The predicted molar refractivity (Wildman–Crippen MR) is 89.7 cm³/mol. The molecule has 1 fully saturated rings. The van der Waals surface area contributed by atoms with Crippen molar-refractivity contribution < 1.29 is 0 Å². The Kier molecular flexibility index (Phi) is 6.06. The Balaban J connectivity index is 2.11. The van der Waals surface area contributed by atoms with Crippen LogP contribution in [0.3, 0.4) is 0 Å². The van der Waals surface area contributed by atoms with E-state index in [1.807, 2.05) is 0 Å². The molecule has 0 radical (unpaired) electrons. The SMILES string of the molecule is CCC(N)C(c1ccc(Br)cc1)N(C)CC1CCCC1. The number of benzene rings is 1. The molecule has 0 aromatic heterocycles. The summed E-state index contributed by atoms with van der Waals surface area (Å²) < 4.78 is 1.13. The third-order valence-electron chi connectivity index (χ3n) is 4.58. The van der Waals surface area contributed by atoms with Crippen LogP contribution in [0.15, 0.2) is 28.7 Å². The van der Waals surface area contributed by atoms with E-state index >= 15 is 0 Å². The fourth-order valence-corrected chi connectivity index (χ4v) is 3.69. The average Bonchev–Trinajstić information content (AvgIpc) is 2.94. The lowest BCUT2D eigenvalue weighted by atomic mass is 9.95. The second kappa shape index (κ2) is 7.58. The Morgan fingerprint density at radius 3 is 2.40 bits per heavy atom. The minimum absolute atomic E-state index is 0.197. The van der Waals surface area contributed by atoms with Gasteiger partial charge in [0.15, 0.2) is 0 Å². The van der Waals surface area contributed by atoms with Crippen LogP contribution in [0.2, 0.25) is 0 Å². The second-order valence-corrected chi connectivity index (χ2v) is 7.07. The first-order chi connectivity index (χ1) is 9.61. The predicted octanol–water partition coefficient (Wildman–Crippen LogP) is 4.35. The Morgan fingerprint density at radius 2 is 1.85 bits per heavy atom. The van der Waals surface area contributed by atoms with Gasteiger partial charge in [0.05, 0.1) is 0 Å². The van der Waals surface area contributed by atoms with E-state index in [1.165, 1.54) is 37.8 Å². The van der Waals surface area contributed by atoms with E-state index in [0.29, 0.717) is 6.04 Å². The molecular formula is C17H27BrN2. The minimum Gasteiger partial charge on any atom is -0.326 e. The van der Waals surface area contributed by atoms with Gasteiger partial charge in [0, 0.05) is 23.1 Å². The van der Waals surface area contributed by atoms with Crippen LogP contribution in [0.5, 0.6) is 0 Å². The first-order valence-corrected chi connectivity index (χ1v) is 8.62. The van der Waals surface area contributed by atoms with Gasteiger partial charge in [0.1, 0.15) is 0 Å². The summed E-state index contributed by atoms with van der Waals surface area (Å²) in [5, 5.41) is 0. The molecule has 3 heteroatoms.